The van der Waals surface area contributed by atoms with Crippen molar-refractivity contribution in [2.75, 3.05) is 42.3 Å². The summed E-state index contributed by atoms with van der Waals surface area (Å²) in [5.41, 5.74) is 1.51. The van der Waals surface area contributed by atoms with Crippen molar-refractivity contribution in [1.29, 1.82) is 0 Å². The second-order valence-corrected chi connectivity index (χ2v) is 9.63. The first kappa shape index (κ1) is 22.0. The van der Waals surface area contributed by atoms with Crippen LogP contribution in [0, 0.1) is 12.7 Å². The number of halogens is 1. The van der Waals surface area contributed by atoms with Crippen LogP contribution in [0.15, 0.2) is 59.5 Å². The van der Waals surface area contributed by atoms with Gasteiger partial charge in [-0.1, -0.05) is 0 Å². The Morgan fingerprint density at radius 3 is 2.31 bits per heavy atom. The van der Waals surface area contributed by atoms with Crippen LogP contribution < -0.4 is 10.2 Å². The van der Waals surface area contributed by atoms with E-state index >= 15 is 0 Å². The Bertz CT molecular complexity index is 1180. The zero-order valence-electron chi connectivity index (χ0n) is 17.6. The van der Waals surface area contributed by atoms with Gasteiger partial charge in [-0.3, -0.25) is 4.90 Å². The molecule has 0 saturated carbocycles. The van der Waals surface area contributed by atoms with Gasteiger partial charge >= 0.3 is 0 Å². The molecule has 1 aliphatic heterocycles. The lowest BCUT2D eigenvalue weighted by atomic mass is 10.3. The van der Waals surface area contributed by atoms with Crippen molar-refractivity contribution < 1.29 is 17.9 Å². The molecule has 1 aromatic heterocycles. The van der Waals surface area contributed by atoms with Crippen molar-refractivity contribution in [2.24, 2.45) is 0 Å². The molecule has 10 heteroatoms. The molecule has 2 N–H and O–H groups in total. The van der Waals surface area contributed by atoms with Gasteiger partial charge in [0.15, 0.2) is 9.84 Å². The number of anilines is 3. The van der Waals surface area contributed by atoms with Gasteiger partial charge in [-0.25, -0.2) is 17.8 Å². The third kappa shape index (κ3) is 5.32. The van der Waals surface area contributed by atoms with Crippen molar-refractivity contribution >= 4 is 27.3 Å². The summed E-state index contributed by atoms with van der Waals surface area (Å²) >= 11 is 0. The number of phenols is 1. The molecule has 3 aromatic rings. The van der Waals surface area contributed by atoms with E-state index < -0.39 is 9.84 Å². The molecule has 0 bridgehead atoms. The van der Waals surface area contributed by atoms with E-state index in [0.29, 0.717) is 37.9 Å². The first-order valence-electron chi connectivity index (χ1n) is 10.2. The number of nitrogens with zero attached hydrogens (tertiary/aromatic N) is 4. The minimum atomic E-state index is -3.48. The van der Waals surface area contributed by atoms with Crippen LogP contribution in [0.1, 0.15) is 5.69 Å². The van der Waals surface area contributed by atoms with Gasteiger partial charge in [0.1, 0.15) is 23.3 Å². The molecular weight excluding hydrogens is 433 g/mol. The van der Waals surface area contributed by atoms with Crippen molar-refractivity contribution in [2.45, 2.75) is 11.8 Å². The molecule has 2 heterocycles. The maximum atomic E-state index is 13.1. The smallest absolute Gasteiger partial charge is 0.227 e. The maximum absolute atomic E-state index is 13.1. The van der Waals surface area contributed by atoms with E-state index in [1.165, 1.54) is 36.4 Å². The predicted molar refractivity (Wildman–Crippen MR) is 120 cm³/mol. The molecule has 1 saturated heterocycles. The first-order valence-corrected chi connectivity index (χ1v) is 11.8. The van der Waals surface area contributed by atoms with Crippen LogP contribution in [0.25, 0.3) is 0 Å². The summed E-state index contributed by atoms with van der Waals surface area (Å²) in [6.07, 6.45) is 0. The van der Waals surface area contributed by atoms with E-state index in [9.17, 15) is 17.9 Å². The van der Waals surface area contributed by atoms with E-state index in [1.54, 1.807) is 12.1 Å². The summed E-state index contributed by atoms with van der Waals surface area (Å²) < 4.78 is 38.4. The lowest BCUT2D eigenvalue weighted by Gasteiger charge is -2.34. The van der Waals surface area contributed by atoms with Gasteiger partial charge in [0.2, 0.25) is 5.95 Å². The average molecular weight is 458 g/mol. The summed E-state index contributed by atoms with van der Waals surface area (Å²) in [7, 11) is -3.48. The molecule has 32 heavy (non-hydrogen) atoms. The Hall–Kier alpha value is -3.24. The van der Waals surface area contributed by atoms with Gasteiger partial charge in [-0.05, 0) is 55.5 Å². The minimum absolute atomic E-state index is 0.0315. The van der Waals surface area contributed by atoms with E-state index in [2.05, 4.69) is 15.3 Å². The van der Waals surface area contributed by atoms with Crippen LogP contribution in [0.3, 0.4) is 0 Å². The molecule has 0 aliphatic carbocycles. The summed E-state index contributed by atoms with van der Waals surface area (Å²) in [4.78, 5) is 13.2. The Labute approximate surface area is 186 Å². The SMILES string of the molecule is Cc1cc(Nc2ccc(F)cc2)nc(N2CCN(CS(=O)(=O)c3ccc(O)cc3)CC2)n1. The first-order chi connectivity index (χ1) is 15.3. The predicted octanol–water partition coefficient (Wildman–Crippen LogP) is 2.93. The average Bonchev–Trinajstić information content (AvgIpc) is 2.75. The number of benzene rings is 2. The Morgan fingerprint density at radius 2 is 1.66 bits per heavy atom. The molecule has 0 amide bonds. The molecular formula is C22H24FN5O3S. The number of hydrogen-bond acceptors (Lipinski definition) is 8. The van der Waals surface area contributed by atoms with Crippen molar-refractivity contribution in [3.63, 3.8) is 0 Å². The lowest BCUT2D eigenvalue weighted by molar-refractivity contribution is 0.292. The number of nitrogens with one attached hydrogen (secondary N) is 1. The number of aromatic hydroxyl groups is 1. The van der Waals surface area contributed by atoms with Crippen LogP contribution in [0.2, 0.25) is 0 Å². The van der Waals surface area contributed by atoms with Crippen molar-refractivity contribution in [3.05, 3.63) is 66.1 Å². The number of hydrogen-bond donors (Lipinski definition) is 2. The summed E-state index contributed by atoms with van der Waals surface area (Å²) in [5.74, 6) is 0.814. The maximum Gasteiger partial charge on any atom is 0.227 e. The van der Waals surface area contributed by atoms with Crippen LogP contribution in [0.4, 0.5) is 21.8 Å². The van der Waals surface area contributed by atoms with Gasteiger partial charge in [0, 0.05) is 43.6 Å². The van der Waals surface area contributed by atoms with E-state index in [1.807, 2.05) is 22.8 Å². The van der Waals surface area contributed by atoms with E-state index in [-0.39, 0.29) is 22.3 Å². The molecule has 4 rings (SSSR count). The number of piperazine rings is 1. The second-order valence-electron chi connectivity index (χ2n) is 7.67. The number of sulfone groups is 1. The quantitative estimate of drug-likeness (QED) is 0.583. The number of rotatable bonds is 6. The molecule has 0 unspecified atom stereocenters. The van der Waals surface area contributed by atoms with E-state index in [4.69, 9.17) is 0 Å². The van der Waals surface area contributed by atoms with Gasteiger partial charge in [-0.2, -0.15) is 4.98 Å². The highest BCUT2D eigenvalue weighted by Crippen LogP contribution is 2.21. The monoisotopic (exact) mass is 457 g/mol. The third-order valence-corrected chi connectivity index (χ3v) is 6.86. The van der Waals surface area contributed by atoms with Gasteiger partial charge in [-0.15, -0.1) is 0 Å². The fourth-order valence-electron chi connectivity index (χ4n) is 3.48. The number of phenolic OH excluding ortho intramolecular Hbond substituents is 1. The molecule has 168 valence electrons. The van der Waals surface area contributed by atoms with Crippen LogP contribution in [-0.4, -0.2) is 60.4 Å². The fraction of sp³-hybridized carbons (Fsp3) is 0.273. The fourth-order valence-corrected chi connectivity index (χ4v) is 4.92. The second kappa shape index (κ2) is 9.09. The zero-order valence-corrected chi connectivity index (χ0v) is 18.4. The molecule has 1 aliphatic rings. The summed E-state index contributed by atoms with van der Waals surface area (Å²) in [6, 6.07) is 13.4. The highest BCUT2D eigenvalue weighted by molar-refractivity contribution is 7.91. The zero-order chi connectivity index (χ0) is 22.7. The van der Waals surface area contributed by atoms with Gasteiger partial charge in [0.25, 0.3) is 0 Å². The Balaban J connectivity index is 1.40. The summed E-state index contributed by atoms with van der Waals surface area (Å²) in [6.45, 7) is 4.15. The standard InChI is InChI=1S/C22H24FN5O3S/c1-16-14-21(25-18-4-2-17(23)3-5-18)26-22(24-16)28-12-10-27(11-13-28)15-32(30,31)20-8-6-19(29)7-9-20/h2-9,14,29H,10-13,15H2,1H3,(H,24,25,26). The topological polar surface area (TPSA) is 98.7 Å². The van der Waals surface area contributed by atoms with Crippen LogP contribution >= 0.6 is 0 Å². The van der Waals surface area contributed by atoms with Crippen molar-refractivity contribution in [3.8, 4) is 5.75 Å². The van der Waals surface area contributed by atoms with Gasteiger partial charge < -0.3 is 15.3 Å². The normalized spacial score (nSPS) is 15.0. The number of aryl methyl sites for hydroxylation is 1. The molecule has 0 radical (unpaired) electrons. The highest BCUT2D eigenvalue weighted by atomic mass is 32.2. The minimum Gasteiger partial charge on any atom is -0.508 e. The Morgan fingerprint density at radius 1 is 1.00 bits per heavy atom. The molecule has 0 atom stereocenters. The van der Waals surface area contributed by atoms with Crippen molar-refractivity contribution in [1.82, 2.24) is 14.9 Å². The molecule has 2 aromatic carbocycles. The highest BCUT2D eigenvalue weighted by Gasteiger charge is 2.25. The van der Waals surface area contributed by atoms with E-state index in [0.717, 1.165) is 11.4 Å². The van der Waals surface area contributed by atoms with Crippen LogP contribution in [0.5, 0.6) is 5.75 Å². The summed E-state index contributed by atoms with van der Waals surface area (Å²) in [5, 5.41) is 12.5. The molecule has 1 fully saturated rings. The molecule has 8 nitrogen and oxygen atoms in total. The molecule has 0 spiro atoms. The number of aromatic nitrogens is 2. The largest absolute Gasteiger partial charge is 0.508 e. The van der Waals surface area contributed by atoms with Crippen LogP contribution in [-0.2, 0) is 9.84 Å². The third-order valence-electron chi connectivity index (χ3n) is 5.16. The Kier molecular flexibility index (Phi) is 6.24. The van der Waals surface area contributed by atoms with Gasteiger partial charge in [0.05, 0.1) is 4.90 Å². The lowest BCUT2D eigenvalue weighted by Crippen LogP contribution is -2.48.